The Labute approximate surface area is 120 Å². The smallest absolute Gasteiger partial charge is 0.258 e. The first kappa shape index (κ1) is 12.8. The number of hydrogen-bond donors (Lipinski definition) is 1. The minimum atomic E-state index is 0.364. The summed E-state index contributed by atoms with van der Waals surface area (Å²) in [6.07, 6.45) is 1.67. The highest BCUT2D eigenvalue weighted by atomic mass is 35.5. The van der Waals surface area contributed by atoms with Crippen LogP contribution in [0.3, 0.4) is 0 Å². The van der Waals surface area contributed by atoms with E-state index in [9.17, 15) is 0 Å². The van der Waals surface area contributed by atoms with Crippen LogP contribution in [0.25, 0.3) is 22.8 Å². The lowest BCUT2D eigenvalue weighted by Gasteiger charge is -1.97. The number of benzene rings is 1. The third-order valence-corrected chi connectivity index (χ3v) is 3.02. The molecule has 0 aliphatic carbocycles. The van der Waals surface area contributed by atoms with E-state index in [1.54, 1.807) is 24.4 Å². The average Bonchev–Trinajstić information content (AvgIpc) is 2.97. The Morgan fingerprint density at radius 3 is 2.85 bits per heavy atom. The van der Waals surface area contributed by atoms with Gasteiger partial charge in [0.25, 0.3) is 5.89 Å². The van der Waals surface area contributed by atoms with E-state index in [1.165, 1.54) is 0 Å². The number of nitrogens with two attached hydrogens (primary N) is 1. The van der Waals surface area contributed by atoms with Gasteiger partial charge in [0.1, 0.15) is 0 Å². The zero-order valence-corrected chi connectivity index (χ0v) is 11.2. The van der Waals surface area contributed by atoms with Crippen LogP contribution in [0.4, 0.5) is 0 Å². The van der Waals surface area contributed by atoms with Crippen molar-refractivity contribution in [1.82, 2.24) is 15.1 Å². The highest BCUT2D eigenvalue weighted by Gasteiger charge is 2.11. The van der Waals surface area contributed by atoms with E-state index < -0.39 is 0 Å². The first-order valence-electron chi connectivity index (χ1n) is 6.01. The van der Waals surface area contributed by atoms with Gasteiger partial charge in [-0.1, -0.05) is 28.9 Å². The predicted molar refractivity (Wildman–Crippen MR) is 75.9 cm³/mol. The zero-order valence-electron chi connectivity index (χ0n) is 10.5. The fraction of sp³-hybridized carbons (Fsp3) is 0.0714. The van der Waals surface area contributed by atoms with Crippen molar-refractivity contribution >= 4 is 11.6 Å². The molecule has 0 aliphatic heterocycles. The van der Waals surface area contributed by atoms with E-state index in [1.807, 2.05) is 18.2 Å². The summed E-state index contributed by atoms with van der Waals surface area (Å²) in [5.74, 6) is 0.922. The maximum absolute atomic E-state index is 5.95. The van der Waals surface area contributed by atoms with E-state index >= 15 is 0 Å². The lowest BCUT2D eigenvalue weighted by molar-refractivity contribution is 0.432. The highest BCUT2D eigenvalue weighted by Crippen LogP contribution is 2.24. The molecule has 0 atom stereocenters. The molecule has 0 unspecified atom stereocenters. The fourth-order valence-corrected chi connectivity index (χ4v) is 2.00. The van der Waals surface area contributed by atoms with Gasteiger partial charge in [-0.2, -0.15) is 4.98 Å². The van der Waals surface area contributed by atoms with Gasteiger partial charge in [-0.15, -0.1) is 0 Å². The van der Waals surface area contributed by atoms with Crippen LogP contribution < -0.4 is 5.73 Å². The van der Waals surface area contributed by atoms with Crippen molar-refractivity contribution in [3.8, 4) is 22.8 Å². The van der Waals surface area contributed by atoms with Gasteiger partial charge in [0.2, 0.25) is 5.82 Å². The van der Waals surface area contributed by atoms with E-state index in [0.29, 0.717) is 23.3 Å². The average molecular weight is 287 g/mol. The summed E-state index contributed by atoms with van der Waals surface area (Å²) in [7, 11) is 0. The SMILES string of the molecule is NCc1cc(-c2nc(-c3cccc(Cl)c3)no2)ccn1. The molecule has 2 N–H and O–H groups in total. The number of halogens is 1. The number of pyridine rings is 1. The Balaban J connectivity index is 1.97. The maximum Gasteiger partial charge on any atom is 0.258 e. The molecule has 1 aromatic carbocycles. The van der Waals surface area contributed by atoms with Gasteiger partial charge >= 0.3 is 0 Å². The van der Waals surface area contributed by atoms with E-state index in [0.717, 1.165) is 16.8 Å². The molecule has 20 heavy (non-hydrogen) atoms. The van der Waals surface area contributed by atoms with Crippen molar-refractivity contribution in [2.75, 3.05) is 0 Å². The minimum absolute atomic E-state index is 0.364. The molecule has 0 bridgehead atoms. The molecule has 0 aliphatic rings. The molecule has 0 amide bonds. The molecular weight excluding hydrogens is 276 g/mol. The summed E-state index contributed by atoms with van der Waals surface area (Å²) < 4.78 is 5.27. The Morgan fingerprint density at radius 1 is 1.15 bits per heavy atom. The van der Waals surface area contributed by atoms with Crippen LogP contribution in [0.15, 0.2) is 47.1 Å². The number of aromatic nitrogens is 3. The van der Waals surface area contributed by atoms with Crippen LogP contribution in [-0.4, -0.2) is 15.1 Å². The zero-order chi connectivity index (χ0) is 13.9. The first-order chi connectivity index (χ1) is 9.76. The van der Waals surface area contributed by atoms with Crippen LogP contribution in [0.1, 0.15) is 5.69 Å². The lowest BCUT2D eigenvalue weighted by Crippen LogP contribution is -1.98. The molecule has 0 saturated heterocycles. The minimum Gasteiger partial charge on any atom is -0.334 e. The summed E-state index contributed by atoms with van der Waals surface area (Å²) in [6, 6.07) is 10.9. The van der Waals surface area contributed by atoms with Crippen molar-refractivity contribution in [1.29, 1.82) is 0 Å². The van der Waals surface area contributed by atoms with Gasteiger partial charge in [-0.25, -0.2) is 0 Å². The Morgan fingerprint density at radius 2 is 2.05 bits per heavy atom. The maximum atomic E-state index is 5.95. The first-order valence-corrected chi connectivity index (χ1v) is 6.39. The van der Waals surface area contributed by atoms with Gasteiger partial charge in [0, 0.05) is 28.9 Å². The largest absolute Gasteiger partial charge is 0.334 e. The Hall–Kier alpha value is -2.24. The molecule has 3 aromatic rings. The van der Waals surface area contributed by atoms with E-state index in [4.69, 9.17) is 21.9 Å². The summed E-state index contributed by atoms with van der Waals surface area (Å²) in [6.45, 7) is 0.364. The van der Waals surface area contributed by atoms with Crippen LogP contribution in [0.2, 0.25) is 5.02 Å². The molecule has 2 heterocycles. The molecule has 0 radical (unpaired) electrons. The molecule has 100 valence electrons. The molecule has 0 saturated carbocycles. The van der Waals surface area contributed by atoms with Crippen molar-refractivity contribution in [3.05, 3.63) is 53.3 Å². The second-order valence-corrected chi connectivity index (χ2v) is 4.61. The quantitative estimate of drug-likeness (QED) is 0.801. The van der Waals surface area contributed by atoms with Crippen molar-refractivity contribution in [2.24, 2.45) is 5.73 Å². The van der Waals surface area contributed by atoms with Crippen molar-refractivity contribution < 1.29 is 4.52 Å². The Kier molecular flexibility index (Phi) is 3.45. The van der Waals surface area contributed by atoms with Gasteiger partial charge in [-0.3, -0.25) is 4.98 Å². The second-order valence-electron chi connectivity index (χ2n) is 4.17. The number of hydrogen-bond acceptors (Lipinski definition) is 5. The predicted octanol–water partition coefficient (Wildman–Crippen LogP) is 2.91. The van der Waals surface area contributed by atoms with Gasteiger partial charge in [0.15, 0.2) is 0 Å². The third kappa shape index (κ3) is 2.54. The molecular formula is C14H11ClN4O. The van der Waals surface area contributed by atoms with Crippen LogP contribution in [0, 0.1) is 0 Å². The monoisotopic (exact) mass is 286 g/mol. The third-order valence-electron chi connectivity index (χ3n) is 2.78. The van der Waals surface area contributed by atoms with Crippen LogP contribution in [-0.2, 0) is 6.54 Å². The second kappa shape index (κ2) is 5.40. The number of nitrogens with zero attached hydrogens (tertiary/aromatic N) is 3. The highest BCUT2D eigenvalue weighted by molar-refractivity contribution is 6.30. The lowest BCUT2D eigenvalue weighted by atomic mass is 10.2. The van der Waals surface area contributed by atoms with E-state index in [-0.39, 0.29) is 0 Å². The molecule has 0 fully saturated rings. The fourth-order valence-electron chi connectivity index (χ4n) is 1.81. The molecule has 2 aromatic heterocycles. The number of rotatable bonds is 3. The standard InChI is InChI=1S/C14H11ClN4O/c15-11-3-1-2-9(6-11)13-18-14(20-19-13)10-4-5-17-12(7-10)8-16/h1-7H,8,16H2. The normalized spacial score (nSPS) is 10.7. The van der Waals surface area contributed by atoms with Crippen LogP contribution in [0.5, 0.6) is 0 Å². The van der Waals surface area contributed by atoms with E-state index in [2.05, 4.69) is 15.1 Å². The summed E-state index contributed by atoms with van der Waals surface area (Å²) >= 11 is 5.95. The summed E-state index contributed by atoms with van der Waals surface area (Å²) in [4.78, 5) is 8.49. The Bertz CT molecular complexity index is 741. The van der Waals surface area contributed by atoms with Gasteiger partial charge in [-0.05, 0) is 24.3 Å². The van der Waals surface area contributed by atoms with Gasteiger partial charge < -0.3 is 10.3 Å². The summed E-state index contributed by atoms with van der Waals surface area (Å²) in [5.41, 5.74) is 7.93. The molecule has 0 spiro atoms. The van der Waals surface area contributed by atoms with Crippen molar-refractivity contribution in [2.45, 2.75) is 6.54 Å². The van der Waals surface area contributed by atoms with Crippen molar-refractivity contribution in [3.63, 3.8) is 0 Å². The van der Waals surface area contributed by atoms with Gasteiger partial charge in [0.05, 0.1) is 5.69 Å². The summed E-state index contributed by atoms with van der Waals surface area (Å²) in [5, 5.41) is 4.59. The van der Waals surface area contributed by atoms with Crippen LogP contribution >= 0.6 is 11.6 Å². The molecule has 5 nitrogen and oxygen atoms in total. The topological polar surface area (TPSA) is 77.8 Å². The molecule has 3 rings (SSSR count). The molecule has 6 heteroatoms.